The third-order valence-corrected chi connectivity index (χ3v) is 3.75. The molecular formula is C19H15ClN2O3. The molecule has 126 valence electrons. The quantitative estimate of drug-likeness (QED) is 0.473. The number of allylic oxidation sites excluding steroid dienone is 1. The first-order valence-corrected chi connectivity index (χ1v) is 7.93. The van der Waals surface area contributed by atoms with Gasteiger partial charge in [-0.3, -0.25) is 4.79 Å². The lowest BCUT2D eigenvalue weighted by Crippen LogP contribution is -2.01. The van der Waals surface area contributed by atoms with Crippen molar-refractivity contribution in [1.82, 2.24) is 10.1 Å². The molecule has 3 rings (SSSR count). The van der Waals surface area contributed by atoms with Crippen LogP contribution in [0.15, 0.2) is 65.2 Å². The molecule has 0 aliphatic rings. The fourth-order valence-corrected chi connectivity index (χ4v) is 2.42. The Morgan fingerprint density at radius 2 is 2.00 bits per heavy atom. The van der Waals surface area contributed by atoms with Crippen LogP contribution in [-0.2, 0) is 6.61 Å². The maximum absolute atomic E-state index is 11.9. The summed E-state index contributed by atoms with van der Waals surface area (Å²) >= 11 is 6.14. The van der Waals surface area contributed by atoms with Gasteiger partial charge in [-0.05, 0) is 30.7 Å². The highest BCUT2D eigenvalue weighted by molar-refractivity contribution is 6.35. The predicted octanol–water partition coefficient (Wildman–Crippen LogP) is 4.73. The van der Waals surface area contributed by atoms with Crippen LogP contribution in [0.2, 0.25) is 5.02 Å². The average molecular weight is 355 g/mol. The van der Waals surface area contributed by atoms with Crippen molar-refractivity contribution in [2.75, 3.05) is 0 Å². The lowest BCUT2D eigenvalue weighted by molar-refractivity contribution is 0.103. The minimum atomic E-state index is -0.194. The highest BCUT2D eigenvalue weighted by Crippen LogP contribution is 2.25. The summed E-state index contributed by atoms with van der Waals surface area (Å²) in [4.78, 5) is 16.2. The average Bonchev–Trinajstić information content (AvgIpc) is 3.09. The number of hydrogen-bond acceptors (Lipinski definition) is 5. The van der Waals surface area contributed by atoms with Gasteiger partial charge in [-0.1, -0.05) is 53.7 Å². The van der Waals surface area contributed by atoms with Gasteiger partial charge in [0.25, 0.3) is 5.89 Å². The highest BCUT2D eigenvalue weighted by atomic mass is 35.5. The van der Waals surface area contributed by atoms with Crippen LogP contribution >= 0.6 is 11.6 Å². The van der Waals surface area contributed by atoms with Crippen molar-refractivity contribution in [2.45, 2.75) is 13.5 Å². The smallest absolute Gasteiger partial charge is 0.264 e. The Labute approximate surface area is 149 Å². The zero-order valence-corrected chi connectivity index (χ0v) is 14.3. The number of aromatic nitrogens is 2. The molecule has 6 heteroatoms. The number of Topliss-reactive ketones (excluding diaryl/α,β-unsaturated/α-hetero) is 1. The van der Waals surface area contributed by atoms with E-state index in [0.29, 0.717) is 33.6 Å². The zero-order chi connectivity index (χ0) is 17.8. The van der Waals surface area contributed by atoms with Gasteiger partial charge in [0.2, 0.25) is 5.82 Å². The van der Waals surface area contributed by atoms with E-state index in [-0.39, 0.29) is 12.4 Å². The van der Waals surface area contributed by atoms with E-state index in [9.17, 15) is 4.79 Å². The summed E-state index contributed by atoms with van der Waals surface area (Å²) in [5.41, 5.74) is 1.68. The summed E-state index contributed by atoms with van der Waals surface area (Å²) < 4.78 is 10.8. The molecule has 0 saturated heterocycles. The zero-order valence-electron chi connectivity index (χ0n) is 13.5. The summed E-state index contributed by atoms with van der Waals surface area (Å²) in [7, 11) is 0. The van der Waals surface area contributed by atoms with Gasteiger partial charge in [-0.2, -0.15) is 4.98 Å². The van der Waals surface area contributed by atoms with Gasteiger partial charge in [0.15, 0.2) is 12.4 Å². The largest absolute Gasteiger partial charge is 0.484 e. The molecule has 0 aliphatic carbocycles. The number of ether oxygens (including phenoxy) is 1. The Kier molecular flexibility index (Phi) is 4.95. The van der Waals surface area contributed by atoms with Gasteiger partial charge >= 0.3 is 0 Å². The number of carbonyl (C=O) groups excluding carboxylic acids is 1. The van der Waals surface area contributed by atoms with E-state index in [1.165, 1.54) is 0 Å². The Morgan fingerprint density at radius 3 is 2.68 bits per heavy atom. The second-order valence-electron chi connectivity index (χ2n) is 5.42. The molecule has 5 nitrogen and oxygen atoms in total. The monoisotopic (exact) mass is 354 g/mol. The molecule has 0 amide bonds. The molecule has 1 heterocycles. The van der Waals surface area contributed by atoms with E-state index in [4.69, 9.17) is 20.9 Å². The number of carbonyl (C=O) groups is 1. The Morgan fingerprint density at radius 1 is 1.24 bits per heavy atom. The maximum atomic E-state index is 11.9. The van der Waals surface area contributed by atoms with Crippen LogP contribution in [0.25, 0.3) is 11.4 Å². The minimum absolute atomic E-state index is 0.101. The second-order valence-corrected chi connectivity index (χ2v) is 5.82. The molecule has 0 saturated carbocycles. The van der Waals surface area contributed by atoms with Crippen molar-refractivity contribution < 1.29 is 14.1 Å². The summed E-state index contributed by atoms with van der Waals surface area (Å²) in [6, 6.07) is 14.4. The van der Waals surface area contributed by atoms with Crippen molar-refractivity contribution in [3.8, 4) is 17.1 Å². The number of hydrogen-bond donors (Lipinski definition) is 0. The number of rotatable bonds is 6. The van der Waals surface area contributed by atoms with Crippen LogP contribution in [0.1, 0.15) is 23.2 Å². The molecule has 0 fully saturated rings. The molecular weight excluding hydrogens is 340 g/mol. The molecule has 2 aromatic carbocycles. The number of benzene rings is 2. The SMILES string of the molecule is C=C(C)C(=O)c1ccc(OCc2nc(-c3ccccc3)no2)cc1Cl. The lowest BCUT2D eigenvalue weighted by Gasteiger charge is -2.07. The maximum Gasteiger partial charge on any atom is 0.264 e. The normalized spacial score (nSPS) is 10.5. The van der Waals surface area contributed by atoms with Crippen LogP contribution in [0.5, 0.6) is 5.75 Å². The fraction of sp³-hybridized carbons (Fsp3) is 0.105. The number of ketones is 1. The van der Waals surface area contributed by atoms with Gasteiger partial charge in [0.05, 0.1) is 5.02 Å². The standard InChI is InChI=1S/C19H15ClN2O3/c1-12(2)18(23)15-9-8-14(10-16(15)20)24-11-17-21-19(22-25-17)13-6-4-3-5-7-13/h3-10H,1,11H2,2H3. The highest BCUT2D eigenvalue weighted by Gasteiger charge is 2.13. The minimum Gasteiger partial charge on any atom is -0.484 e. The third-order valence-electron chi connectivity index (χ3n) is 3.44. The Bertz CT molecular complexity index is 919. The molecule has 25 heavy (non-hydrogen) atoms. The van der Waals surface area contributed by atoms with Crippen molar-refractivity contribution >= 4 is 17.4 Å². The first-order chi connectivity index (χ1) is 12.0. The van der Waals surface area contributed by atoms with Gasteiger partial charge in [-0.15, -0.1) is 0 Å². The van der Waals surface area contributed by atoms with Gasteiger partial charge in [0.1, 0.15) is 5.75 Å². The predicted molar refractivity (Wildman–Crippen MR) is 94.7 cm³/mol. The molecule has 0 aliphatic heterocycles. The summed E-state index contributed by atoms with van der Waals surface area (Å²) in [6.07, 6.45) is 0. The van der Waals surface area contributed by atoms with Crippen molar-refractivity contribution in [3.63, 3.8) is 0 Å². The topological polar surface area (TPSA) is 65.2 Å². The Balaban J connectivity index is 1.68. The fourth-order valence-electron chi connectivity index (χ4n) is 2.16. The summed E-state index contributed by atoms with van der Waals surface area (Å²) in [6.45, 7) is 5.37. The van der Waals surface area contributed by atoms with Crippen molar-refractivity contribution in [1.29, 1.82) is 0 Å². The molecule has 0 spiro atoms. The van der Waals surface area contributed by atoms with Crippen molar-refractivity contribution in [3.05, 3.63) is 77.2 Å². The van der Waals surface area contributed by atoms with E-state index in [1.807, 2.05) is 30.3 Å². The lowest BCUT2D eigenvalue weighted by atomic mass is 10.1. The molecule has 0 N–H and O–H groups in total. The molecule has 0 bridgehead atoms. The van der Waals surface area contributed by atoms with E-state index in [1.54, 1.807) is 25.1 Å². The molecule has 0 atom stereocenters. The van der Waals surface area contributed by atoms with E-state index in [2.05, 4.69) is 16.7 Å². The van der Waals surface area contributed by atoms with Crippen LogP contribution in [-0.4, -0.2) is 15.9 Å². The van der Waals surface area contributed by atoms with Crippen LogP contribution in [0, 0.1) is 0 Å². The van der Waals surface area contributed by atoms with E-state index < -0.39 is 0 Å². The van der Waals surface area contributed by atoms with Gasteiger partial charge in [-0.25, -0.2) is 0 Å². The summed E-state index contributed by atoms with van der Waals surface area (Å²) in [5.74, 6) is 1.15. The number of nitrogens with zero attached hydrogens (tertiary/aromatic N) is 2. The van der Waals surface area contributed by atoms with Crippen molar-refractivity contribution in [2.24, 2.45) is 0 Å². The molecule has 1 aromatic heterocycles. The van der Waals surface area contributed by atoms with Gasteiger partial charge in [0, 0.05) is 11.1 Å². The molecule has 3 aromatic rings. The van der Waals surface area contributed by atoms with Crippen LogP contribution in [0.3, 0.4) is 0 Å². The van der Waals surface area contributed by atoms with E-state index in [0.717, 1.165) is 5.56 Å². The van der Waals surface area contributed by atoms with Crippen LogP contribution in [0.4, 0.5) is 0 Å². The van der Waals surface area contributed by atoms with Crippen LogP contribution < -0.4 is 4.74 Å². The second kappa shape index (κ2) is 7.32. The third kappa shape index (κ3) is 3.95. The molecule has 0 radical (unpaired) electrons. The Hall–Kier alpha value is -2.92. The first-order valence-electron chi connectivity index (χ1n) is 7.55. The number of halogens is 1. The summed E-state index contributed by atoms with van der Waals surface area (Å²) in [5, 5.41) is 4.23. The van der Waals surface area contributed by atoms with E-state index >= 15 is 0 Å². The molecule has 0 unspecified atom stereocenters. The van der Waals surface area contributed by atoms with Gasteiger partial charge < -0.3 is 9.26 Å². The first kappa shape index (κ1) is 16.9.